The van der Waals surface area contributed by atoms with E-state index in [2.05, 4.69) is 24.0 Å². The first kappa shape index (κ1) is 25.8. The van der Waals surface area contributed by atoms with Gasteiger partial charge in [-0.05, 0) is 98.8 Å². The largest absolute Gasteiger partial charge is 0.508 e. The van der Waals surface area contributed by atoms with Crippen molar-refractivity contribution in [3.63, 3.8) is 0 Å². The van der Waals surface area contributed by atoms with Crippen LogP contribution in [-0.2, 0) is 19.4 Å². The maximum absolute atomic E-state index is 14.8. The topological polar surface area (TPSA) is 45.2 Å². The van der Waals surface area contributed by atoms with Crippen molar-refractivity contribution in [3.8, 4) is 17.2 Å². The van der Waals surface area contributed by atoms with Gasteiger partial charge in [0, 0.05) is 31.4 Å². The average Bonchev–Trinajstić information content (AvgIpc) is 2.87. The minimum atomic E-state index is -0.333. The van der Waals surface area contributed by atoms with Gasteiger partial charge in [0.1, 0.15) is 18.1 Å². The van der Waals surface area contributed by atoms with Crippen molar-refractivity contribution in [1.82, 2.24) is 4.90 Å². The van der Waals surface area contributed by atoms with Gasteiger partial charge in [-0.3, -0.25) is 0 Å². The number of benzene rings is 3. The monoisotopic (exact) mass is 492 g/mol. The van der Waals surface area contributed by atoms with Gasteiger partial charge in [-0.25, -0.2) is 4.39 Å². The van der Waals surface area contributed by atoms with E-state index in [1.54, 1.807) is 25.3 Å². The van der Waals surface area contributed by atoms with Gasteiger partial charge >= 0.3 is 0 Å². The molecular formula is C30H37FN2O3. The molecule has 1 atom stereocenters. The summed E-state index contributed by atoms with van der Waals surface area (Å²) in [7, 11) is 5.61. The first-order chi connectivity index (χ1) is 17.4. The Hall–Kier alpha value is -3.25. The molecule has 3 aromatic rings. The third-order valence-corrected chi connectivity index (χ3v) is 6.98. The van der Waals surface area contributed by atoms with Gasteiger partial charge in [0.25, 0.3) is 0 Å². The Morgan fingerprint density at radius 2 is 1.86 bits per heavy atom. The Morgan fingerprint density at radius 3 is 2.58 bits per heavy atom. The number of hydrogen-bond donors (Lipinski definition) is 1. The Bertz CT molecular complexity index is 1180. The van der Waals surface area contributed by atoms with Crippen molar-refractivity contribution in [2.75, 3.05) is 45.8 Å². The molecule has 0 saturated carbocycles. The zero-order valence-corrected chi connectivity index (χ0v) is 21.8. The molecule has 3 aromatic carbocycles. The molecule has 5 nitrogen and oxygen atoms in total. The van der Waals surface area contributed by atoms with Crippen molar-refractivity contribution in [2.24, 2.45) is 0 Å². The molecule has 1 aliphatic rings. The summed E-state index contributed by atoms with van der Waals surface area (Å²) in [5.41, 5.74) is 5.82. The third-order valence-electron chi connectivity index (χ3n) is 6.98. The lowest BCUT2D eigenvalue weighted by atomic mass is 9.79. The molecule has 0 aromatic heterocycles. The number of phenolic OH excluding ortho intramolecular Hbond substituents is 1. The highest BCUT2D eigenvalue weighted by atomic mass is 19.1. The molecule has 192 valence electrons. The molecule has 6 heteroatoms. The van der Waals surface area contributed by atoms with Gasteiger partial charge in [0.15, 0.2) is 11.6 Å². The lowest BCUT2D eigenvalue weighted by molar-refractivity contribution is 0.252. The van der Waals surface area contributed by atoms with E-state index in [4.69, 9.17) is 9.47 Å². The second kappa shape index (κ2) is 11.7. The van der Waals surface area contributed by atoms with E-state index < -0.39 is 0 Å². The summed E-state index contributed by atoms with van der Waals surface area (Å²) < 4.78 is 26.0. The average molecular weight is 493 g/mol. The number of ether oxygens (including phenoxy) is 2. The molecule has 0 radical (unpaired) electrons. The van der Waals surface area contributed by atoms with Crippen LogP contribution in [0.4, 0.5) is 10.1 Å². The maximum atomic E-state index is 14.8. The standard InChI is InChI=1S/C30H37FN2O3/c1-5-33(20-21-6-13-30(28(31)16-21)36-15-14-32(2)3)29-19-26(35-4)11-12-27(29)24-8-7-23-18-25(34)10-9-22(23)17-24/h6,9-13,16,18-19,24,34H,5,7-8,14-15,17,20H2,1-4H3/t24-/m1/s1. The quantitative estimate of drug-likeness (QED) is 0.389. The summed E-state index contributed by atoms with van der Waals surface area (Å²) in [4.78, 5) is 4.29. The second-order valence-electron chi connectivity index (χ2n) is 9.75. The second-order valence-corrected chi connectivity index (χ2v) is 9.75. The number of aryl methyl sites for hydroxylation is 1. The van der Waals surface area contributed by atoms with Gasteiger partial charge in [0.2, 0.25) is 0 Å². The highest BCUT2D eigenvalue weighted by molar-refractivity contribution is 5.60. The maximum Gasteiger partial charge on any atom is 0.165 e. The first-order valence-electron chi connectivity index (χ1n) is 12.7. The third kappa shape index (κ3) is 6.11. The lowest BCUT2D eigenvalue weighted by Gasteiger charge is -2.32. The summed E-state index contributed by atoms with van der Waals surface area (Å²) in [6.45, 7) is 4.66. The van der Waals surface area contributed by atoms with Gasteiger partial charge in [-0.15, -0.1) is 0 Å². The Kier molecular flexibility index (Phi) is 8.36. The van der Waals surface area contributed by atoms with Crippen LogP contribution in [-0.4, -0.2) is 50.9 Å². The molecule has 0 unspecified atom stereocenters. The van der Waals surface area contributed by atoms with Crippen LogP contribution < -0.4 is 14.4 Å². The van der Waals surface area contributed by atoms with Crippen LogP contribution in [0.2, 0.25) is 0 Å². The highest BCUT2D eigenvalue weighted by Gasteiger charge is 2.25. The fourth-order valence-electron chi connectivity index (χ4n) is 4.96. The molecule has 0 fully saturated rings. The molecule has 0 aliphatic heterocycles. The van der Waals surface area contributed by atoms with Crippen molar-refractivity contribution >= 4 is 5.69 Å². The predicted octanol–water partition coefficient (Wildman–Crippen LogP) is 5.78. The van der Waals surface area contributed by atoms with E-state index in [0.717, 1.165) is 49.4 Å². The molecule has 36 heavy (non-hydrogen) atoms. The number of phenols is 1. The molecule has 0 heterocycles. The molecule has 1 N–H and O–H groups in total. The summed E-state index contributed by atoms with van der Waals surface area (Å²) in [5.74, 6) is 1.46. The van der Waals surface area contributed by atoms with Gasteiger partial charge in [-0.2, -0.15) is 0 Å². The van der Waals surface area contributed by atoms with Crippen LogP contribution in [0.1, 0.15) is 41.5 Å². The van der Waals surface area contributed by atoms with Gasteiger partial charge in [0.05, 0.1) is 7.11 Å². The molecule has 0 spiro atoms. The lowest BCUT2D eigenvalue weighted by Crippen LogP contribution is -2.25. The minimum absolute atomic E-state index is 0.289. The number of rotatable bonds is 10. The Morgan fingerprint density at radius 1 is 1.03 bits per heavy atom. The summed E-state index contributed by atoms with van der Waals surface area (Å²) >= 11 is 0. The van der Waals surface area contributed by atoms with Crippen molar-refractivity contribution in [2.45, 2.75) is 38.6 Å². The van der Waals surface area contributed by atoms with Crippen molar-refractivity contribution in [3.05, 3.63) is 82.7 Å². The molecular weight excluding hydrogens is 455 g/mol. The smallest absolute Gasteiger partial charge is 0.165 e. The van der Waals surface area contributed by atoms with E-state index >= 15 is 0 Å². The van der Waals surface area contributed by atoms with Crippen LogP contribution >= 0.6 is 0 Å². The minimum Gasteiger partial charge on any atom is -0.508 e. The molecule has 0 amide bonds. The number of nitrogens with zero attached hydrogens (tertiary/aromatic N) is 2. The molecule has 4 rings (SSSR count). The normalized spacial score (nSPS) is 15.0. The summed E-state index contributed by atoms with van der Waals surface area (Å²) in [6.07, 6.45) is 2.88. The van der Waals surface area contributed by atoms with E-state index in [1.165, 1.54) is 16.7 Å². The zero-order valence-electron chi connectivity index (χ0n) is 21.8. The van der Waals surface area contributed by atoms with Crippen LogP contribution in [0, 0.1) is 5.82 Å². The number of methoxy groups -OCH3 is 1. The number of halogens is 1. The number of fused-ring (bicyclic) bond motifs is 1. The Balaban J connectivity index is 1.57. The van der Waals surface area contributed by atoms with Crippen molar-refractivity contribution < 1.29 is 19.0 Å². The first-order valence-corrected chi connectivity index (χ1v) is 12.7. The van der Waals surface area contributed by atoms with E-state index in [1.807, 2.05) is 43.3 Å². The number of aromatic hydroxyl groups is 1. The molecule has 0 bridgehead atoms. The summed E-state index contributed by atoms with van der Waals surface area (Å²) in [5, 5.41) is 9.86. The van der Waals surface area contributed by atoms with Crippen molar-refractivity contribution in [1.29, 1.82) is 0 Å². The number of hydrogen-bond acceptors (Lipinski definition) is 5. The number of likely N-dealkylation sites (N-methyl/N-ethyl adjacent to an activating group) is 1. The highest BCUT2D eigenvalue weighted by Crippen LogP contribution is 2.40. The van der Waals surface area contributed by atoms with Gasteiger partial charge in [-0.1, -0.05) is 18.2 Å². The number of anilines is 1. The molecule has 0 saturated heterocycles. The zero-order chi connectivity index (χ0) is 25.7. The fourth-order valence-corrected chi connectivity index (χ4v) is 4.96. The SMILES string of the molecule is CCN(Cc1ccc(OCCN(C)C)c(F)c1)c1cc(OC)ccc1[C@@H]1CCc2cc(O)ccc2C1. The van der Waals surface area contributed by atoms with Crippen LogP contribution in [0.5, 0.6) is 17.2 Å². The van der Waals surface area contributed by atoms with E-state index in [-0.39, 0.29) is 11.6 Å². The van der Waals surface area contributed by atoms with E-state index in [0.29, 0.717) is 24.8 Å². The predicted molar refractivity (Wildman–Crippen MR) is 143 cm³/mol. The Labute approximate surface area is 214 Å². The van der Waals surface area contributed by atoms with Gasteiger partial charge < -0.3 is 24.4 Å². The fraction of sp³-hybridized carbons (Fsp3) is 0.400. The van der Waals surface area contributed by atoms with Crippen LogP contribution in [0.15, 0.2) is 54.6 Å². The summed E-state index contributed by atoms with van der Waals surface area (Å²) in [6, 6.07) is 17.3. The van der Waals surface area contributed by atoms with E-state index in [9.17, 15) is 9.50 Å². The van der Waals surface area contributed by atoms with Crippen LogP contribution in [0.25, 0.3) is 0 Å². The molecule has 1 aliphatic carbocycles. The van der Waals surface area contributed by atoms with Crippen LogP contribution in [0.3, 0.4) is 0 Å².